The van der Waals surface area contributed by atoms with Gasteiger partial charge in [-0.3, -0.25) is 4.68 Å². The summed E-state index contributed by atoms with van der Waals surface area (Å²) in [6.45, 7) is 4.40. The van der Waals surface area contributed by atoms with Crippen LogP contribution in [0.5, 0.6) is 0 Å². The molecular formula is C12H12BrFN2O. The monoisotopic (exact) mass is 298 g/mol. The summed E-state index contributed by atoms with van der Waals surface area (Å²) >= 11 is 3.18. The van der Waals surface area contributed by atoms with Crippen LogP contribution in [0.3, 0.4) is 0 Å². The molecule has 2 aromatic rings. The van der Waals surface area contributed by atoms with Crippen molar-refractivity contribution in [1.82, 2.24) is 9.78 Å². The molecule has 0 unspecified atom stereocenters. The first-order valence-electron chi connectivity index (χ1n) is 5.46. The van der Waals surface area contributed by atoms with Gasteiger partial charge in [0, 0.05) is 5.41 Å². The molecule has 0 N–H and O–H groups in total. The first-order valence-corrected chi connectivity index (χ1v) is 6.26. The van der Waals surface area contributed by atoms with Gasteiger partial charge in [0.2, 0.25) is 0 Å². The molecule has 0 aliphatic carbocycles. The second kappa shape index (κ2) is 3.78. The summed E-state index contributed by atoms with van der Waals surface area (Å²) in [5.74, 6) is -0.247. The third kappa shape index (κ3) is 1.77. The standard InChI is InChI=1S/C12H12BrFN2O/c1-12(6-17-7-12)5-16-10-3-2-9(13)11(14)8(10)4-15-16/h2-4H,5-7H2,1H3. The Hall–Kier alpha value is -0.940. The van der Waals surface area contributed by atoms with E-state index < -0.39 is 0 Å². The van der Waals surface area contributed by atoms with Crippen LogP contribution in [0.4, 0.5) is 4.39 Å². The van der Waals surface area contributed by atoms with Crippen LogP contribution in [-0.4, -0.2) is 23.0 Å². The van der Waals surface area contributed by atoms with E-state index in [0.717, 1.165) is 25.3 Å². The molecule has 0 spiro atoms. The maximum Gasteiger partial charge on any atom is 0.148 e. The van der Waals surface area contributed by atoms with Gasteiger partial charge in [0.1, 0.15) is 5.82 Å². The molecule has 5 heteroatoms. The van der Waals surface area contributed by atoms with Gasteiger partial charge >= 0.3 is 0 Å². The van der Waals surface area contributed by atoms with Gasteiger partial charge in [-0.2, -0.15) is 5.10 Å². The number of benzene rings is 1. The van der Waals surface area contributed by atoms with Crippen molar-refractivity contribution in [2.75, 3.05) is 13.2 Å². The summed E-state index contributed by atoms with van der Waals surface area (Å²) in [7, 11) is 0. The van der Waals surface area contributed by atoms with Crippen molar-refractivity contribution < 1.29 is 9.13 Å². The van der Waals surface area contributed by atoms with Crippen molar-refractivity contribution in [3.8, 4) is 0 Å². The normalized spacial score (nSPS) is 18.3. The Morgan fingerprint density at radius 3 is 2.94 bits per heavy atom. The predicted octanol–water partition coefficient (Wildman–Crippen LogP) is 2.97. The number of nitrogens with zero attached hydrogens (tertiary/aromatic N) is 2. The average molecular weight is 299 g/mol. The molecule has 0 radical (unpaired) electrons. The summed E-state index contributed by atoms with van der Waals surface area (Å²) in [6, 6.07) is 3.60. The summed E-state index contributed by atoms with van der Waals surface area (Å²) in [6.07, 6.45) is 1.58. The van der Waals surface area contributed by atoms with Crippen LogP contribution >= 0.6 is 15.9 Å². The smallest absolute Gasteiger partial charge is 0.148 e. The molecule has 0 saturated carbocycles. The summed E-state index contributed by atoms with van der Waals surface area (Å²) < 4.78 is 21.4. The molecular weight excluding hydrogens is 287 g/mol. The minimum absolute atomic E-state index is 0.127. The Bertz CT molecular complexity index is 577. The van der Waals surface area contributed by atoms with Gasteiger partial charge in [-0.05, 0) is 28.1 Å². The topological polar surface area (TPSA) is 27.1 Å². The average Bonchev–Trinajstić information content (AvgIpc) is 2.65. The molecule has 1 aromatic heterocycles. The number of hydrogen-bond donors (Lipinski definition) is 0. The second-order valence-electron chi connectivity index (χ2n) is 4.90. The molecule has 1 saturated heterocycles. The van der Waals surface area contributed by atoms with Crippen LogP contribution in [0.25, 0.3) is 10.9 Å². The number of fused-ring (bicyclic) bond motifs is 1. The third-order valence-electron chi connectivity index (χ3n) is 3.15. The van der Waals surface area contributed by atoms with Gasteiger partial charge in [0.15, 0.2) is 0 Å². The fourth-order valence-electron chi connectivity index (χ4n) is 2.12. The fourth-order valence-corrected chi connectivity index (χ4v) is 2.47. The van der Waals surface area contributed by atoms with E-state index in [-0.39, 0.29) is 11.2 Å². The Labute approximate surface area is 107 Å². The molecule has 1 aliphatic rings. The molecule has 2 heterocycles. The molecule has 1 aromatic carbocycles. The Morgan fingerprint density at radius 1 is 1.53 bits per heavy atom. The quantitative estimate of drug-likeness (QED) is 0.852. The van der Waals surface area contributed by atoms with Crippen LogP contribution in [0.2, 0.25) is 0 Å². The van der Waals surface area contributed by atoms with Crippen LogP contribution < -0.4 is 0 Å². The minimum atomic E-state index is -0.247. The Balaban J connectivity index is 2.03. The lowest BCUT2D eigenvalue weighted by Crippen LogP contribution is -2.43. The van der Waals surface area contributed by atoms with Gasteiger partial charge in [-0.15, -0.1) is 0 Å². The molecule has 1 aliphatic heterocycles. The summed E-state index contributed by atoms with van der Waals surface area (Å²) in [5, 5.41) is 4.82. The van der Waals surface area contributed by atoms with E-state index in [1.165, 1.54) is 0 Å². The van der Waals surface area contributed by atoms with Crippen LogP contribution in [-0.2, 0) is 11.3 Å². The molecule has 0 amide bonds. The van der Waals surface area contributed by atoms with Gasteiger partial charge in [0.05, 0.1) is 41.3 Å². The maximum atomic E-state index is 13.8. The molecule has 0 bridgehead atoms. The fraction of sp³-hybridized carbons (Fsp3) is 0.417. The molecule has 0 atom stereocenters. The van der Waals surface area contributed by atoms with Gasteiger partial charge in [-0.25, -0.2) is 4.39 Å². The van der Waals surface area contributed by atoms with E-state index in [4.69, 9.17) is 4.74 Å². The van der Waals surface area contributed by atoms with Gasteiger partial charge < -0.3 is 4.74 Å². The van der Waals surface area contributed by atoms with Crippen molar-refractivity contribution in [2.45, 2.75) is 13.5 Å². The molecule has 3 rings (SSSR count). The largest absolute Gasteiger partial charge is 0.380 e. The van der Waals surface area contributed by atoms with E-state index in [2.05, 4.69) is 28.0 Å². The van der Waals surface area contributed by atoms with Crippen LogP contribution in [0.1, 0.15) is 6.92 Å². The zero-order valence-corrected chi connectivity index (χ0v) is 11.0. The van der Waals surface area contributed by atoms with Crippen molar-refractivity contribution in [3.05, 3.63) is 28.6 Å². The van der Waals surface area contributed by atoms with E-state index in [0.29, 0.717) is 9.86 Å². The van der Waals surface area contributed by atoms with E-state index >= 15 is 0 Å². The third-order valence-corrected chi connectivity index (χ3v) is 3.76. The highest BCUT2D eigenvalue weighted by Gasteiger charge is 2.34. The van der Waals surface area contributed by atoms with Crippen molar-refractivity contribution >= 4 is 26.8 Å². The Morgan fingerprint density at radius 2 is 2.29 bits per heavy atom. The SMILES string of the molecule is CC1(Cn2ncc3c(F)c(Br)ccc32)COC1. The number of halogens is 2. The van der Waals surface area contributed by atoms with Crippen molar-refractivity contribution in [1.29, 1.82) is 0 Å². The molecule has 90 valence electrons. The summed E-state index contributed by atoms with van der Waals surface area (Å²) in [4.78, 5) is 0. The number of rotatable bonds is 2. The Kier molecular flexibility index (Phi) is 2.48. The number of ether oxygens (including phenoxy) is 1. The minimum Gasteiger partial charge on any atom is -0.380 e. The van der Waals surface area contributed by atoms with Crippen molar-refractivity contribution in [3.63, 3.8) is 0 Å². The number of aromatic nitrogens is 2. The van der Waals surface area contributed by atoms with Crippen molar-refractivity contribution in [2.24, 2.45) is 5.41 Å². The highest BCUT2D eigenvalue weighted by molar-refractivity contribution is 9.10. The first-order chi connectivity index (χ1) is 8.09. The van der Waals surface area contributed by atoms with Crippen LogP contribution in [0, 0.1) is 11.2 Å². The zero-order chi connectivity index (χ0) is 12.0. The van der Waals surface area contributed by atoms with Gasteiger partial charge in [0.25, 0.3) is 0 Å². The molecule has 1 fully saturated rings. The highest BCUT2D eigenvalue weighted by Crippen LogP contribution is 2.31. The van der Waals surface area contributed by atoms with E-state index in [9.17, 15) is 4.39 Å². The molecule has 17 heavy (non-hydrogen) atoms. The number of hydrogen-bond acceptors (Lipinski definition) is 2. The maximum absolute atomic E-state index is 13.8. The molecule has 3 nitrogen and oxygen atoms in total. The zero-order valence-electron chi connectivity index (χ0n) is 9.41. The predicted molar refractivity (Wildman–Crippen MR) is 66.3 cm³/mol. The van der Waals surface area contributed by atoms with Crippen LogP contribution in [0.15, 0.2) is 22.8 Å². The lowest BCUT2D eigenvalue weighted by molar-refractivity contribution is -0.111. The summed E-state index contributed by atoms with van der Waals surface area (Å²) in [5.41, 5.74) is 0.960. The van der Waals surface area contributed by atoms with E-state index in [1.807, 2.05) is 10.7 Å². The highest BCUT2D eigenvalue weighted by atomic mass is 79.9. The lowest BCUT2D eigenvalue weighted by atomic mass is 9.89. The van der Waals surface area contributed by atoms with E-state index in [1.54, 1.807) is 12.3 Å². The second-order valence-corrected chi connectivity index (χ2v) is 5.75. The lowest BCUT2D eigenvalue weighted by Gasteiger charge is -2.37. The first kappa shape index (κ1) is 11.2. The van der Waals surface area contributed by atoms with Gasteiger partial charge in [-0.1, -0.05) is 6.92 Å².